The molecule has 0 aliphatic carbocycles. The molecule has 0 aliphatic heterocycles. The Balaban J connectivity index is 1.74. The van der Waals surface area contributed by atoms with Crippen LogP contribution in [0.15, 0.2) is 66.6 Å². The fraction of sp³-hybridized carbons (Fsp3) is 0.333. The van der Waals surface area contributed by atoms with Crippen molar-refractivity contribution in [1.29, 1.82) is 0 Å². The molecule has 0 atom stereocenters. The van der Waals surface area contributed by atoms with E-state index in [0.717, 1.165) is 30.5 Å². The SMILES string of the molecule is CN(C)Cc1cccc(OCCCNC(=C[N+](=O)[O-])NCc2ccccc2)c1. The van der Waals surface area contributed by atoms with Crippen molar-refractivity contribution in [3.8, 4) is 5.75 Å². The standard InChI is InChI=1S/C21H28N4O3/c1-24(2)16-19-10-6-11-20(14-19)28-13-7-12-22-21(17-25(26)27)23-15-18-8-4-3-5-9-18/h3-6,8-11,14,17,22-23H,7,12-13,15-16H2,1-2H3. The molecule has 0 spiro atoms. The van der Waals surface area contributed by atoms with E-state index in [-0.39, 0.29) is 0 Å². The van der Waals surface area contributed by atoms with Crippen LogP contribution in [0.1, 0.15) is 17.5 Å². The van der Waals surface area contributed by atoms with Gasteiger partial charge in [-0.1, -0.05) is 42.5 Å². The Kier molecular flexibility index (Phi) is 8.81. The number of hydrogen-bond donors (Lipinski definition) is 2. The molecule has 2 N–H and O–H groups in total. The maximum Gasteiger partial charge on any atom is 0.274 e. The molecule has 0 bridgehead atoms. The van der Waals surface area contributed by atoms with E-state index >= 15 is 0 Å². The lowest BCUT2D eigenvalue weighted by Crippen LogP contribution is -2.28. The number of hydrogen-bond acceptors (Lipinski definition) is 6. The molecular formula is C21H28N4O3. The van der Waals surface area contributed by atoms with Crippen LogP contribution < -0.4 is 15.4 Å². The zero-order valence-electron chi connectivity index (χ0n) is 16.4. The molecule has 2 rings (SSSR count). The van der Waals surface area contributed by atoms with Crippen LogP contribution in [0, 0.1) is 10.1 Å². The number of nitro groups is 1. The summed E-state index contributed by atoms with van der Waals surface area (Å²) in [5, 5.41) is 17.0. The van der Waals surface area contributed by atoms with Crippen molar-refractivity contribution < 1.29 is 9.66 Å². The molecule has 0 fully saturated rings. The third kappa shape index (κ3) is 8.55. The van der Waals surface area contributed by atoms with E-state index in [1.807, 2.05) is 62.6 Å². The van der Waals surface area contributed by atoms with Crippen LogP contribution in [0.25, 0.3) is 0 Å². The van der Waals surface area contributed by atoms with Crippen LogP contribution in [0.2, 0.25) is 0 Å². The summed E-state index contributed by atoms with van der Waals surface area (Å²) in [4.78, 5) is 12.5. The molecule has 7 nitrogen and oxygen atoms in total. The van der Waals surface area contributed by atoms with Crippen molar-refractivity contribution in [3.05, 3.63) is 87.9 Å². The Bertz CT molecular complexity index is 763. The second kappa shape index (κ2) is 11.6. The minimum absolute atomic E-state index is 0.391. The van der Waals surface area contributed by atoms with Gasteiger partial charge in [0.15, 0.2) is 5.82 Å². The molecule has 0 saturated heterocycles. The smallest absolute Gasteiger partial charge is 0.274 e. The summed E-state index contributed by atoms with van der Waals surface area (Å²) in [6.07, 6.45) is 1.68. The molecule has 0 heterocycles. The third-order valence-electron chi connectivity index (χ3n) is 3.86. The first-order valence-electron chi connectivity index (χ1n) is 9.26. The maximum atomic E-state index is 10.8. The van der Waals surface area contributed by atoms with Crippen molar-refractivity contribution in [2.45, 2.75) is 19.5 Å². The van der Waals surface area contributed by atoms with Gasteiger partial charge in [-0.25, -0.2) is 0 Å². The van der Waals surface area contributed by atoms with Crippen LogP contribution >= 0.6 is 0 Å². The monoisotopic (exact) mass is 384 g/mol. The summed E-state index contributed by atoms with van der Waals surface area (Å²) in [6.45, 7) is 2.48. The van der Waals surface area contributed by atoms with Crippen LogP contribution in [0.4, 0.5) is 0 Å². The first-order chi connectivity index (χ1) is 13.5. The lowest BCUT2D eigenvalue weighted by molar-refractivity contribution is -0.404. The number of nitrogens with one attached hydrogen (secondary N) is 2. The molecular weight excluding hydrogens is 356 g/mol. The average Bonchev–Trinajstić information content (AvgIpc) is 2.66. The minimum atomic E-state index is -0.465. The van der Waals surface area contributed by atoms with E-state index in [1.54, 1.807) is 0 Å². The normalized spacial score (nSPS) is 11.3. The molecule has 28 heavy (non-hydrogen) atoms. The van der Waals surface area contributed by atoms with Gasteiger partial charge in [0.1, 0.15) is 5.75 Å². The van der Waals surface area contributed by atoms with E-state index in [1.165, 1.54) is 5.56 Å². The van der Waals surface area contributed by atoms with Gasteiger partial charge in [-0.15, -0.1) is 0 Å². The maximum absolute atomic E-state index is 10.8. The van der Waals surface area contributed by atoms with Crippen molar-refractivity contribution in [2.75, 3.05) is 27.2 Å². The summed E-state index contributed by atoms with van der Waals surface area (Å²) in [5.41, 5.74) is 2.25. The Morgan fingerprint density at radius 2 is 1.86 bits per heavy atom. The van der Waals surface area contributed by atoms with E-state index in [4.69, 9.17) is 4.74 Å². The third-order valence-corrected chi connectivity index (χ3v) is 3.86. The van der Waals surface area contributed by atoms with Gasteiger partial charge in [-0.05, 0) is 43.8 Å². The summed E-state index contributed by atoms with van der Waals surface area (Å²) in [5.74, 6) is 1.23. The zero-order valence-corrected chi connectivity index (χ0v) is 16.4. The van der Waals surface area contributed by atoms with Crippen molar-refractivity contribution in [2.24, 2.45) is 0 Å². The van der Waals surface area contributed by atoms with Crippen LogP contribution in [0.5, 0.6) is 5.75 Å². The van der Waals surface area contributed by atoms with Crippen LogP contribution in [-0.4, -0.2) is 37.1 Å². The predicted molar refractivity (Wildman–Crippen MR) is 110 cm³/mol. The van der Waals surface area contributed by atoms with Gasteiger partial charge in [0, 0.05) is 19.6 Å². The molecule has 7 heteroatoms. The summed E-state index contributed by atoms with van der Waals surface area (Å²) >= 11 is 0. The quantitative estimate of drug-likeness (QED) is 0.333. The summed E-state index contributed by atoms with van der Waals surface area (Å²) in [7, 11) is 4.06. The molecule has 150 valence electrons. The molecule has 0 saturated carbocycles. The number of nitrogens with zero attached hydrogens (tertiary/aromatic N) is 2. The van der Waals surface area contributed by atoms with Crippen LogP contribution in [-0.2, 0) is 13.1 Å². The average molecular weight is 384 g/mol. The Morgan fingerprint density at radius 3 is 2.57 bits per heavy atom. The Hall–Kier alpha value is -3.06. The molecule has 0 unspecified atom stereocenters. The fourth-order valence-corrected chi connectivity index (χ4v) is 2.64. The van der Waals surface area contributed by atoms with Gasteiger partial charge >= 0.3 is 0 Å². The Labute approximate surface area is 166 Å². The first kappa shape index (κ1) is 21.2. The second-order valence-electron chi connectivity index (χ2n) is 6.68. The summed E-state index contributed by atoms with van der Waals surface area (Å²) in [6, 6.07) is 17.8. The molecule has 0 aliphatic rings. The predicted octanol–water partition coefficient (Wildman–Crippen LogP) is 2.97. The largest absolute Gasteiger partial charge is 0.494 e. The lowest BCUT2D eigenvalue weighted by atomic mass is 10.2. The number of rotatable bonds is 12. The molecule has 0 radical (unpaired) electrons. The highest BCUT2D eigenvalue weighted by Gasteiger charge is 2.03. The van der Waals surface area contributed by atoms with Gasteiger partial charge in [-0.2, -0.15) is 0 Å². The highest BCUT2D eigenvalue weighted by molar-refractivity contribution is 5.28. The van der Waals surface area contributed by atoms with Gasteiger partial charge in [-0.3, -0.25) is 10.1 Å². The minimum Gasteiger partial charge on any atom is -0.494 e. The first-order valence-corrected chi connectivity index (χ1v) is 9.26. The molecule has 2 aromatic rings. The van der Waals surface area contributed by atoms with E-state index in [2.05, 4.69) is 21.6 Å². The second-order valence-corrected chi connectivity index (χ2v) is 6.68. The number of ether oxygens (including phenoxy) is 1. The highest BCUT2D eigenvalue weighted by Crippen LogP contribution is 2.14. The lowest BCUT2D eigenvalue weighted by Gasteiger charge is -2.13. The Morgan fingerprint density at radius 1 is 1.11 bits per heavy atom. The molecule has 2 aromatic carbocycles. The summed E-state index contributed by atoms with van der Waals surface area (Å²) < 4.78 is 5.79. The zero-order chi connectivity index (χ0) is 20.2. The molecule has 0 amide bonds. The van der Waals surface area contributed by atoms with Crippen LogP contribution in [0.3, 0.4) is 0 Å². The van der Waals surface area contributed by atoms with Crippen molar-refractivity contribution >= 4 is 0 Å². The topological polar surface area (TPSA) is 79.7 Å². The molecule has 0 aromatic heterocycles. The van der Waals surface area contributed by atoms with Gasteiger partial charge in [0.05, 0.1) is 11.5 Å². The van der Waals surface area contributed by atoms with E-state index in [0.29, 0.717) is 25.5 Å². The van der Waals surface area contributed by atoms with E-state index < -0.39 is 4.92 Å². The van der Waals surface area contributed by atoms with Gasteiger partial charge < -0.3 is 20.3 Å². The van der Waals surface area contributed by atoms with Crippen molar-refractivity contribution in [3.63, 3.8) is 0 Å². The van der Waals surface area contributed by atoms with Gasteiger partial charge in [0.25, 0.3) is 6.20 Å². The van der Waals surface area contributed by atoms with E-state index in [9.17, 15) is 10.1 Å². The fourth-order valence-electron chi connectivity index (χ4n) is 2.64. The van der Waals surface area contributed by atoms with Gasteiger partial charge in [0.2, 0.25) is 0 Å². The highest BCUT2D eigenvalue weighted by atomic mass is 16.6. The number of benzene rings is 2. The van der Waals surface area contributed by atoms with Crippen molar-refractivity contribution in [1.82, 2.24) is 15.5 Å².